The number of benzene rings is 3. The van der Waals surface area contributed by atoms with Crippen LogP contribution in [-0.4, -0.2) is 44.0 Å². The topological polar surface area (TPSA) is 59.4 Å². The molecule has 0 saturated carbocycles. The van der Waals surface area contributed by atoms with Gasteiger partial charge in [0, 0.05) is 48.7 Å². The first-order chi connectivity index (χ1) is 14.7. The van der Waals surface area contributed by atoms with E-state index in [4.69, 9.17) is 0 Å². The number of piperazine rings is 1. The maximum Gasteiger partial charge on any atom is 0.256 e. The number of nitrogens with zero attached hydrogens (tertiary/aromatic N) is 3. The van der Waals surface area contributed by atoms with Gasteiger partial charge in [-0.15, -0.1) is 0 Å². The van der Waals surface area contributed by atoms with Gasteiger partial charge in [0.2, 0.25) is 0 Å². The lowest BCUT2D eigenvalue weighted by Crippen LogP contribution is -2.44. The third-order valence-corrected chi connectivity index (χ3v) is 5.50. The molecule has 1 saturated heterocycles. The number of hydrogen-bond donors (Lipinski definition) is 1. The molecule has 1 N–H and O–H groups in total. The highest BCUT2D eigenvalue weighted by Crippen LogP contribution is 2.28. The van der Waals surface area contributed by atoms with Gasteiger partial charge in [-0.1, -0.05) is 36.4 Å². The smallest absolute Gasteiger partial charge is 0.256 e. The number of anilines is 2. The molecule has 150 valence electrons. The van der Waals surface area contributed by atoms with Crippen molar-refractivity contribution in [2.24, 2.45) is 0 Å². The van der Waals surface area contributed by atoms with E-state index in [0.717, 1.165) is 43.0 Å². The van der Waals surface area contributed by atoms with Crippen LogP contribution in [0.3, 0.4) is 0 Å². The Balaban J connectivity index is 1.53. The second-order valence-electron chi connectivity index (χ2n) is 7.49. The van der Waals surface area contributed by atoms with Crippen LogP contribution in [0.4, 0.5) is 11.4 Å². The molecule has 1 amide bonds. The summed E-state index contributed by atoms with van der Waals surface area (Å²) in [5.74, 6) is -0.189. The highest BCUT2D eigenvalue weighted by molar-refractivity contribution is 6.09. The Morgan fingerprint density at radius 1 is 0.867 bits per heavy atom. The first-order valence-electron chi connectivity index (χ1n) is 10.1. The number of rotatable bonds is 4. The Labute approximate surface area is 177 Å². The minimum atomic E-state index is -0.189. The van der Waals surface area contributed by atoms with E-state index >= 15 is 0 Å². The minimum Gasteiger partial charge on any atom is -0.369 e. The third-order valence-electron chi connectivity index (χ3n) is 5.50. The summed E-state index contributed by atoms with van der Waals surface area (Å²) in [6.07, 6.45) is 0. The predicted molar refractivity (Wildman–Crippen MR) is 121 cm³/mol. The highest BCUT2D eigenvalue weighted by atomic mass is 16.1. The number of nitrogens with one attached hydrogen (secondary N) is 1. The van der Waals surface area contributed by atoms with Crippen LogP contribution in [-0.2, 0) is 0 Å². The van der Waals surface area contributed by atoms with Gasteiger partial charge in [0.05, 0.1) is 11.6 Å². The van der Waals surface area contributed by atoms with Crippen molar-refractivity contribution in [1.29, 1.82) is 5.26 Å². The summed E-state index contributed by atoms with van der Waals surface area (Å²) in [7, 11) is 2.14. The molecule has 0 bridgehead atoms. The molecule has 1 aliphatic heterocycles. The average molecular weight is 396 g/mol. The Morgan fingerprint density at radius 2 is 1.50 bits per heavy atom. The number of carbonyl (C=O) groups is 1. The predicted octanol–water partition coefficient (Wildman–Crippen LogP) is 4.23. The van der Waals surface area contributed by atoms with Crippen molar-refractivity contribution in [1.82, 2.24) is 4.90 Å². The van der Waals surface area contributed by atoms with Crippen LogP contribution in [0, 0.1) is 11.3 Å². The first kappa shape index (κ1) is 19.7. The summed E-state index contributed by atoms with van der Waals surface area (Å²) in [4.78, 5) is 17.7. The van der Waals surface area contributed by atoms with Crippen LogP contribution in [0.5, 0.6) is 0 Å². The van der Waals surface area contributed by atoms with Crippen LogP contribution < -0.4 is 10.2 Å². The Hall–Kier alpha value is -3.62. The molecule has 0 aliphatic carbocycles. The minimum absolute atomic E-state index is 0.189. The second-order valence-corrected chi connectivity index (χ2v) is 7.49. The maximum atomic E-state index is 13.0. The number of carbonyl (C=O) groups excluding carboxylic acids is 1. The van der Waals surface area contributed by atoms with Crippen molar-refractivity contribution in [3.63, 3.8) is 0 Å². The zero-order chi connectivity index (χ0) is 20.9. The molecule has 1 aliphatic rings. The standard InChI is InChI=1S/C25H24N4O/c1-28-14-16-29(17-15-28)21-12-10-20(11-13-21)27-25(30)24-9-5-4-8-23(24)22-7-3-2-6-19(22)18-26/h2-13H,14-17H2,1H3,(H,27,30). The summed E-state index contributed by atoms with van der Waals surface area (Å²) in [5, 5.41) is 12.4. The average Bonchev–Trinajstić information content (AvgIpc) is 2.80. The number of likely N-dealkylation sites (N-methyl/N-ethyl adjacent to an activating group) is 1. The zero-order valence-corrected chi connectivity index (χ0v) is 17.0. The third kappa shape index (κ3) is 4.19. The molecule has 0 atom stereocenters. The van der Waals surface area contributed by atoms with E-state index in [0.29, 0.717) is 11.1 Å². The van der Waals surface area contributed by atoms with Crippen LogP contribution in [0.25, 0.3) is 11.1 Å². The molecule has 5 nitrogen and oxygen atoms in total. The van der Waals surface area contributed by atoms with Crippen LogP contribution in [0.1, 0.15) is 15.9 Å². The molecule has 3 aromatic carbocycles. The Morgan fingerprint density at radius 3 is 2.20 bits per heavy atom. The molecule has 3 aromatic rings. The fourth-order valence-electron chi connectivity index (χ4n) is 3.75. The van der Waals surface area contributed by atoms with E-state index in [1.807, 2.05) is 48.5 Å². The molecular formula is C25H24N4O. The second kappa shape index (κ2) is 8.81. The molecular weight excluding hydrogens is 372 g/mol. The number of hydrogen-bond acceptors (Lipinski definition) is 4. The van der Waals surface area contributed by atoms with Crippen molar-refractivity contribution in [3.05, 3.63) is 83.9 Å². The van der Waals surface area contributed by atoms with Gasteiger partial charge >= 0.3 is 0 Å². The lowest BCUT2D eigenvalue weighted by molar-refractivity contribution is 0.102. The van der Waals surface area contributed by atoms with E-state index in [1.165, 1.54) is 5.69 Å². The van der Waals surface area contributed by atoms with Crippen molar-refractivity contribution in [2.75, 3.05) is 43.4 Å². The number of nitriles is 1. The Bertz CT molecular complexity index is 1080. The molecule has 0 radical (unpaired) electrons. The lowest BCUT2D eigenvalue weighted by Gasteiger charge is -2.34. The molecule has 5 heteroatoms. The zero-order valence-electron chi connectivity index (χ0n) is 17.0. The summed E-state index contributed by atoms with van der Waals surface area (Å²) in [5.41, 5.74) is 4.53. The fourth-order valence-corrected chi connectivity index (χ4v) is 3.75. The van der Waals surface area contributed by atoms with Gasteiger partial charge in [0.25, 0.3) is 5.91 Å². The SMILES string of the molecule is CN1CCN(c2ccc(NC(=O)c3ccccc3-c3ccccc3C#N)cc2)CC1. The number of amides is 1. The van der Waals surface area contributed by atoms with E-state index in [-0.39, 0.29) is 5.91 Å². The van der Waals surface area contributed by atoms with Crippen molar-refractivity contribution >= 4 is 17.3 Å². The lowest BCUT2D eigenvalue weighted by atomic mass is 9.95. The van der Waals surface area contributed by atoms with Crippen molar-refractivity contribution < 1.29 is 4.79 Å². The molecule has 0 spiro atoms. The van der Waals surface area contributed by atoms with Gasteiger partial charge in [0.15, 0.2) is 0 Å². The summed E-state index contributed by atoms with van der Waals surface area (Å²) in [6.45, 7) is 4.13. The largest absolute Gasteiger partial charge is 0.369 e. The van der Waals surface area contributed by atoms with Crippen molar-refractivity contribution in [2.45, 2.75) is 0 Å². The Kier molecular flexibility index (Phi) is 5.78. The summed E-state index contributed by atoms with van der Waals surface area (Å²) < 4.78 is 0. The van der Waals surface area contributed by atoms with Gasteiger partial charge in [0.1, 0.15) is 0 Å². The van der Waals surface area contributed by atoms with E-state index in [2.05, 4.69) is 40.4 Å². The quantitative estimate of drug-likeness (QED) is 0.717. The molecule has 1 heterocycles. The van der Waals surface area contributed by atoms with E-state index in [9.17, 15) is 10.1 Å². The van der Waals surface area contributed by atoms with E-state index < -0.39 is 0 Å². The summed E-state index contributed by atoms with van der Waals surface area (Å²) >= 11 is 0. The van der Waals surface area contributed by atoms with Gasteiger partial charge < -0.3 is 15.1 Å². The first-order valence-corrected chi connectivity index (χ1v) is 10.1. The van der Waals surface area contributed by atoms with Gasteiger partial charge in [-0.2, -0.15) is 5.26 Å². The maximum absolute atomic E-state index is 13.0. The summed E-state index contributed by atoms with van der Waals surface area (Å²) in [6, 6.07) is 24.9. The van der Waals surface area contributed by atoms with Crippen molar-refractivity contribution in [3.8, 4) is 17.2 Å². The van der Waals surface area contributed by atoms with Crippen LogP contribution >= 0.6 is 0 Å². The normalized spacial score (nSPS) is 14.2. The molecule has 0 unspecified atom stereocenters. The fraction of sp³-hybridized carbons (Fsp3) is 0.200. The highest BCUT2D eigenvalue weighted by Gasteiger charge is 2.16. The molecule has 0 aromatic heterocycles. The molecule has 1 fully saturated rings. The molecule has 4 rings (SSSR count). The van der Waals surface area contributed by atoms with Gasteiger partial charge in [-0.25, -0.2) is 0 Å². The van der Waals surface area contributed by atoms with E-state index in [1.54, 1.807) is 12.1 Å². The molecule has 30 heavy (non-hydrogen) atoms. The van der Waals surface area contributed by atoms with Gasteiger partial charge in [-0.05, 0) is 49.0 Å². The van der Waals surface area contributed by atoms with Crippen LogP contribution in [0.15, 0.2) is 72.8 Å². The van der Waals surface area contributed by atoms with Crippen LogP contribution in [0.2, 0.25) is 0 Å². The monoisotopic (exact) mass is 396 g/mol. The van der Waals surface area contributed by atoms with Gasteiger partial charge in [-0.3, -0.25) is 4.79 Å².